The summed E-state index contributed by atoms with van der Waals surface area (Å²) in [6.45, 7) is 7.36. The van der Waals surface area contributed by atoms with Crippen molar-refractivity contribution in [1.82, 2.24) is 9.62 Å². The number of sulfonamides is 1. The normalized spacial score (nSPS) is 18.6. The van der Waals surface area contributed by atoms with E-state index in [-0.39, 0.29) is 17.8 Å². The van der Waals surface area contributed by atoms with Crippen molar-refractivity contribution in [2.75, 3.05) is 36.8 Å². The monoisotopic (exact) mass is 393 g/mol. The van der Waals surface area contributed by atoms with E-state index >= 15 is 0 Å². The Morgan fingerprint density at radius 3 is 2.35 bits per heavy atom. The Kier molecular flexibility index (Phi) is 6.34. The summed E-state index contributed by atoms with van der Waals surface area (Å²) in [6.07, 6.45) is 0. The van der Waals surface area contributed by atoms with E-state index in [0.29, 0.717) is 0 Å². The second-order valence-electron chi connectivity index (χ2n) is 6.63. The summed E-state index contributed by atoms with van der Waals surface area (Å²) >= 11 is 1.69. The maximum Gasteiger partial charge on any atom is 0.211 e. The standard InChI is InChI=1S/C19H27N3O2S2/c1-3-26(23,24)20-16(2)19(18-10-7-15-25-18)22-13-11-21(12-14-22)17-8-5-4-6-9-17/h4-10,15-16,19-20H,3,11-14H2,1-2H3. The maximum absolute atomic E-state index is 12.1. The first-order chi connectivity index (χ1) is 12.5. The van der Waals surface area contributed by atoms with Gasteiger partial charge in [-0.1, -0.05) is 24.3 Å². The van der Waals surface area contributed by atoms with Crippen LogP contribution in [-0.4, -0.2) is 51.3 Å². The quantitative estimate of drug-likeness (QED) is 0.786. The van der Waals surface area contributed by atoms with Crippen LogP contribution in [0.3, 0.4) is 0 Å². The molecule has 2 unspecified atom stereocenters. The summed E-state index contributed by atoms with van der Waals surface area (Å²) in [7, 11) is -3.23. The zero-order valence-electron chi connectivity index (χ0n) is 15.3. The van der Waals surface area contributed by atoms with E-state index in [9.17, 15) is 8.42 Å². The van der Waals surface area contributed by atoms with Crippen LogP contribution in [0.15, 0.2) is 47.8 Å². The minimum absolute atomic E-state index is 0.0641. The zero-order chi connectivity index (χ0) is 18.6. The minimum atomic E-state index is -3.23. The van der Waals surface area contributed by atoms with Gasteiger partial charge in [-0.25, -0.2) is 13.1 Å². The van der Waals surface area contributed by atoms with Crippen molar-refractivity contribution in [3.8, 4) is 0 Å². The van der Waals surface area contributed by atoms with Crippen molar-refractivity contribution in [2.45, 2.75) is 25.9 Å². The second kappa shape index (κ2) is 8.52. The average molecular weight is 394 g/mol. The summed E-state index contributed by atoms with van der Waals surface area (Å²) < 4.78 is 27.0. The second-order valence-corrected chi connectivity index (χ2v) is 9.65. The van der Waals surface area contributed by atoms with Crippen molar-refractivity contribution >= 4 is 27.0 Å². The first-order valence-corrected chi connectivity index (χ1v) is 11.6. The highest BCUT2D eigenvalue weighted by atomic mass is 32.2. The van der Waals surface area contributed by atoms with Gasteiger partial charge in [0.05, 0.1) is 11.8 Å². The third-order valence-electron chi connectivity index (χ3n) is 4.88. The minimum Gasteiger partial charge on any atom is -0.369 e. The topological polar surface area (TPSA) is 52.7 Å². The first kappa shape index (κ1) is 19.4. The maximum atomic E-state index is 12.1. The van der Waals surface area contributed by atoms with Crippen LogP contribution in [0, 0.1) is 0 Å². The molecule has 7 heteroatoms. The third kappa shape index (κ3) is 4.65. The van der Waals surface area contributed by atoms with Crippen LogP contribution in [0.1, 0.15) is 24.8 Å². The Morgan fingerprint density at radius 1 is 1.08 bits per heavy atom. The Bertz CT molecular complexity index is 770. The molecule has 3 rings (SSSR count). The van der Waals surface area contributed by atoms with Crippen molar-refractivity contribution in [1.29, 1.82) is 0 Å². The lowest BCUT2D eigenvalue weighted by atomic mass is 10.1. The van der Waals surface area contributed by atoms with Gasteiger partial charge < -0.3 is 4.90 Å². The molecule has 142 valence electrons. The number of rotatable bonds is 7. The summed E-state index contributed by atoms with van der Waals surface area (Å²) in [5.74, 6) is 0.107. The SMILES string of the molecule is CCS(=O)(=O)NC(C)C(c1cccs1)N1CCN(c2ccccc2)CC1. The highest BCUT2D eigenvalue weighted by Gasteiger charge is 2.31. The number of para-hydroxylation sites is 1. The van der Waals surface area contributed by atoms with Crippen LogP contribution in [-0.2, 0) is 10.0 Å². The van der Waals surface area contributed by atoms with Gasteiger partial charge >= 0.3 is 0 Å². The van der Waals surface area contributed by atoms with Crippen LogP contribution >= 0.6 is 11.3 Å². The Hall–Kier alpha value is -1.41. The van der Waals surface area contributed by atoms with Crippen LogP contribution in [0.4, 0.5) is 5.69 Å². The molecule has 0 aliphatic carbocycles. The number of nitrogens with zero attached hydrogens (tertiary/aromatic N) is 2. The largest absolute Gasteiger partial charge is 0.369 e. The number of anilines is 1. The molecule has 1 saturated heterocycles. The molecule has 2 atom stereocenters. The van der Waals surface area contributed by atoms with Crippen LogP contribution in [0.2, 0.25) is 0 Å². The molecule has 0 amide bonds. The molecule has 1 aliphatic rings. The van der Waals surface area contributed by atoms with E-state index in [1.54, 1.807) is 18.3 Å². The van der Waals surface area contributed by atoms with Gasteiger partial charge in [-0.05, 0) is 37.4 Å². The van der Waals surface area contributed by atoms with Crippen molar-refractivity contribution < 1.29 is 8.42 Å². The lowest BCUT2D eigenvalue weighted by Crippen LogP contribution is -2.52. The third-order valence-corrected chi connectivity index (χ3v) is 7.32. The van der Waals surface area contributed by atoms with Crippen LogP contribution in [0.25, 0.3) is 0 Å². The van der Waals surface area contributed by atoms with Gasteiger partial charge in [-0.2, -0.15) is 0 Å². The average Bonchev–Trinajstić information content (AvgIpc) is 3.17. The van der Waals surface area contributed by atoms with Gasteiger partial charge in [0.25, 0.3) is 0 Å². The van der Waals surface area contributed by atoms with Gasteiger partial charge in [0.2, 0.25) is 10.0 Å². The fourth-order valence-corrected chi connectivity index (χ4v) is 5.36. The first-order valence-electron chi connectivity index (χ1n) is 9.07. The van der Waals surface area contributed by atoms with E-state index in [4.69, 9.17) is 0 Å². The highest BCUT2D eigenvalue weighted by molar-refractivity contribution is 7.89. The Labute approximate surface area is 160 Å². The van der Waals surface area contributed by atoms with Crippen LogP contribution < -0.4 is 9.62 Å². The van der Waals surface area contributed by atoms with E-state index in [1.165, 1.54) is 10.6 Å². The fourth-order valence-electron chi connectivity index (χ4n) is 3.53. The van der Waals surface area contributed by atoms with Gasteiger partial charge in [0.15, 0.2) is 0 Å². The number of piperazine rings is 1. The predicted molar refractivity (Wildman–Crippen MR) is 109 cm³/mol. The van der Waals surface area contributed by atoms with E-state index < -0.39 is 10.0 Å². The molecular formula is C19H27N3O2S2. The number of thiophene rings is 1. The summed E-state index contributed by atoms with van der Waals surface area (Å²) in [5.41, 5.74) is 1.25. The van der Waals surface area contributed by atoms with E-state index in [1.807, 2.05) is 19.1 Å². The molecule has 1 N–H and O–H groups in total. The molecule has 1 aromatic carbocycles. The van der Waals surface area contributed by atoms with Crippen molar-refractivity contribution in [2.24, 2.45) is 0 Å². The van der Waals surface area contributed by atoms with E-state index in [0.717, 1.165) is 26.2 Å². The molecule has 1 aliphatic heterocycles. The molecule has 0 spiro atoms. The lowest BCUT2D eigenvalue weighted by molar-refractivity contribution is 0.164. The Balaban J connectivity index is 1.72. The summed E-state index contributed by atoms with van der Waals surface area (Å²) in [6, 6.07) is 14.5. The fraction of sp³-hybridized carbons (Fsp3) is 0.474. The van der Waals surface area contributed by atoms with Gasteiger partial charge in [0, 0.05) is 42.8 Å². The lowest BCUT2D eigenvalue weighted by Gasteiger charge is -2.42. The molecular weight excluding hydrogens is 366 g/mol. The number of benzene rings is 1. The molecule has 5 nitrogen and oxygen atoms in total. The molecule has 2 heterocycles. The molecule has 2 aromatic rings. The van der Waals surface area contributed by atoms with Crippen molar-refractivity contribution in [3.05, 3.63) is 52.7 Å². The predicted octanol–water partition coefficient (Wildman–Crippen LogP) is 2.94. The van der Waals surface area contributed by atoms with Gasteiger partial charge in [-0.15, -0.1) is 11.3 Å². The molecule has 0 bridgehead atoms. The molecule has 1 fully saturated rings. The molecule has 26 heavy (non-hydrogen) atoms. The Morgan fingerprint density at radius 2 is 1.77 bits per heavy atom. The number of hydrogen-bond acceptors (Lipinski definition) is 5. The van der Waals surface area contributed by atoms with E-state index in [2.05, 4.69) is 50.2 Å². The summed E-state index contributed by atoms with van der Waals surface area (Å²) in [5, 5.41) is 2.06. The molecule has 0 saturated carbocycles. The zero-order valence-corrected chi connectivity index (χ0v) is 17.0. The molecule has 1 aromatic heterocycles. The smallest absolute Gasteiger partial charge is 0.211 e. The number of hydrogen-bond donors (Lipinski definition) is 1. The van der Waals surface area contributed by atoms with Crippen molar-refractivity contribution in [3.63, 3.8) is 0 Å². The highest BCUT2D eigenvalue weighted by Crippen LogP contribution is 2.30. The molecule has 0 radical (unpaired) electrons. The summed E-state index contributed by atoms with van der Waals surface area (Å²) in [4.78, 5) is 6.02. The van der Waals surface area contributed by atoms with Crippen LogP contribution in [0.5, 0.6) is 0 Å². The number of nitrogens with one attached hydrogen (secondary N) is 1. The van der Waals surface area contributed by atoms with Gasteiger partial charge in [-0.3, -0.25) is 4.90 Å². The van der Waals surface area contributed by atoms with Gasteiger partial charge in [0.1, 0.15) is 0 Å².